The molecule has 2 nitrogen and oxygen atoms in total. The van der Waals surface area contributed by atoms with Crippen LogP contribution in [0.3, 0.4) is 0 Å². The van der Waals surface area contributed by atoms with Gasteiger partial charge in [-0.3, -0.25) is 4.79 Å². The van der Waals surface area contributed by atoms with E-state index in [2.05, 4.69) is 0 Å². The number of ketones is 1. The maximum atomic E-state index is 12.1. The topological polar surface area (TPSA) is 30.2 Å². The predicted octanol–water partition coefficient (Wildman–Crippen LogP) is 4.97. The normalized spacial score (nSPS) is 12.1. The van der Waals surface area contributed by atoms with Crippen molar-refractivity contribution in [3.05, 3.63) is 34.0 Å². The minimum Gasteiger partial charge on any atom is -0.451 e. The van der Waals surface area contributed by atoms with Gasteiger partial charge in [0.25, 0.3) is 0 Å². The Morgan fingerprint density at radius 3 is 2.47 bits per heavy atom. The van der Waals surface area contributed by atoms with E-state index < -0.39 is 5.41 Å². The van der Waals surface area contributed by atoms with E-state index in [4.69, 9.17) is 27.6 Å². The van der Waals surface area contributed by atoms with E-state index >= 15 is 0 Å². The Morgan fingerprint density at radius 2 is 1.88 bits per heavy atom. The molecule has 0 atom stereocenters. The third-order valence-electron chi connectivity index (χ3n) is 2.48. The van der Waals surface area contributed by atoms with E-state index in [9.17, 15) is 4.79 Å². The number of hydrogen-bond acceptors (Lipinski definition) is 2. The Hall–Kier alpha value is -0.990. The van der Waals surface area contributed by atoms with Gasteiger partial charge < -0.3 is 4.42 Å². The molecule has 0 amide bonds. The summed E-state index contributed by atoms with van der Waals surface area (Å²) in [6.07, 6.45) is 0. The largest absolute Gasteiger partial charge is 0.451 e. The Balaban J connectivity index is 2.60. The Labute approximate surface area is 110 Å². The summed E-state index contributed by atoms with van der Waals surface area (Å²) in [4.78, 5) is 12.1. The first-order valence-corrected chi connectivity index (χ1v) is 5.98. The van der Waals surface area contributed by atoms with Gasteiger partial charge in [-0.2, -0.15) is 0 Å². The lowest BCUT2D eigenvalue weighted by Crippen LogP contribution is -2.19. The predicted molar refractivity (Wildman–Crippen MR) is 70.0 cm³/mol. The van der Waals surface area contributed by atoms with Crippen LogP contribution in [0.2, 0.25) is 10.0 Å². The number of furan rings is 1. The van der Waals surface area contributed by atoms with Crippen molar-refractivity contribution in [1.82, 2.24) is 0 Å². The molecule has 0 bridgehead atoms. The Bertz CT molecular complexity index is 591. The fourth-order valence-electron chi connectivity index (χ4n) is 1.53. The number of fused-ring (bicyclic) bond motifs is 1. The van der Waals surface area contributed by atoms with E-state index in [0.717, 1.165) is 5.39 Å². The van der Waals surface area contributed by atoms with Crippen molar-refractivity contribution in [1.29, 1.82) is 0 Å². The van der Waals surface area contributed by atoms with Gasteiger partial charge >= 0.3 is 0 Å². The third kappa shape index (κ3) is 2.20. The highest BCUT2D eigenvalue weighted by Crippen LogP contribution is 2.34. The molecule has 0 saturated heterocycles. The Morgan fingerprint density at radius 1 is 1.24 bits per heavy atom. The number of rotatable bonds is 1. The molecule has 0 N–H and O–H groups in total. The van der Waals surface area contributed by atoms with Crippen LogP contribution < -0.4 is 0 Å². The lowest BCUT2D eigenvalue weighted by molar-refractivity contribution is 0.0831. The molecule has 1 aromatic carbocycles. The van der Waals surface area contributed by atoms with Crippen LogP contribution in [-0.2, 0) is 0 Å². The van der Waals surface area contributed by atoms with E-state index in [0.29, 0.717) is 21.4 Å². The summed E-state index contributed by atoms with van der Waals surface area (Å²) < 4.78 is 5.50. The summed E-state index contributed by atoms with van der Waals surface area (Å²) in [5.74, 6) is 0.262. The summed E-state index contributed by atoms with van der Waals surface area (Å²) >= 11 is 11.9. The van der Waals surface area contributed by atoms with Crippen molar-refractivity contribution < 1.29 is 9.21 Å². The summed E-state index contributed by atoms with van der Waals surface area (Å²) in [7, 11) is 0. The van der Waals surface area contributed by atoms with Crippen LogP contribution in [0, 0.1) is 5.41 Å². The number of Topliss-reactive ketones (excluding diaryl/α,β-unsaturated/α-hetero) is 1. The summed E-state index contributed by atoms with van der Waals surface area (Å²) in [5, 5.41) is 1.55. The van der Waals surface area contributed by atoms with Gasteiger partial charge in [0.1, 0.15) is 5.02 Å². The second-order valence-corrected chi connectivity index (χ2v) is 5.75. The molecular weight excluding hydrogens is 259 g/mol. The average molecular weight is 271 g/mol. The van der Waals surface area contributed by atoms with Crippen molar-refractivity contribution in [2.24, 2.45) is 5.41 Å². The highest BCUT2D eigenvalue weighted by Gasteiger charge is 2.26. The number of hydrogen-bond donors (Lipinski definition) is 0. The zero-order chi connectivity index (χ0) is 12.8. The molecule has 1 aromatic heterocycles. The zero-order valence-electron chi connectivity index (χ0n) is 9.80. The fourth-order valence-corrected chi connectivity index (χ4v) is 1.89. The van der Waals surface area contributed by atoms with Gasteiger partial charge in [-0.25, -0.2) is 0 Å². The van der Waals surface area contributed by atoms with Crippen LogP contribution >= 0.6 is 23.2 Å². The number of halogens is 2. The van der Waals surface area contributed by atoms with Gasteiger partial charge in [0.15, 0.2) is 11.3 Å². The molecule has 0 saturated carbocycles. The van der Waals surface area contributed by atoms with Crippen LogP contribution in [-0.4, -0.2) is 5.78 Å². The molecule has 0 fully saturated rings. The molecule has 2 rings (SSSR count). The van der Waals surface area contributed by atoms with Gasteiger partial charge in [0.2, 0.25) is 5.78 Å². The monoisotopic (exact) mass is 270 g/mol. The molecule has 0 aliphatic carbocycles. The Kier molecular flexibility index (Phi) is 2.96. The van der Waals surface area contributed by atoms with E-state index in [1.807, 2.05) is 20.8 Å². The average Bonchev–Trinajstić information content (AvgIpc) is 2.65. The van der Waals surface area contributed by atoms with E-state index in [-0.39, 0.29) is 5.78 Å². The highest BCUT2D eigenvalue weighted by molar-refractivity contribution is 6.44. The van der Waals surface area contributed by atoms with E-state index in [1.54, 1.807) is 18.2 Å². The van der Waals surface area contributed by atoms with Crippen molar-refractivity contribution in [2.45, 2.75) is 20.8 Å². The molecule has 0 radical (unpaired) electrons. The first-order valence-electron chi connectivity index (χ1n) is 5.23. The van der Waals surface area contributed by atoms with Crippen molar-refractivity contribution in [3.8, 4) is 0 Å². The molecule has 2 aromatic rings. The van der Waals surface area contributed by atoms with Crippen molar-refractivity contribution >= 4 is 40.0 Å². The molecule has 1 heterocycles. The van der Waals surface area contributed by atoms with Crippen LogP contribution in [0.1, 0.15) is 31.3 Å². The van der Waals surface area contributed by atoms with Gasteiger partial charge in [-0.15, -0.1) is 0 Å². The first-order chi connectivity index (χ1) is 7.80. The summed E-state index contributed by atoms with van der Waals surface area (Å²) in [6, 6.07) is 5.17. The molecule has 0 unspecified atom stereocenters. The van der Waals surface area contributed by atoms with Crippen molar-refractivity contribution in [2.75, 3.05) is 0 Å². The van der Waals surface area contributed by atoms with Crippen LogP contribution in [0.15, 0.2) is 22.6 Å². The minimum atomic E-state index is -0.482. The van der Waals surface area contributed by atoms with E-state index in [1.165, 1.54) is 0 Å². The lowest BCUT2D eigenvalue weighted by Gasteiger charge is -2.13. The van der Waals surface area contributed by atoms with Crippen molar-refractivity contribution in [3.63, 3.8) is 0 Å². The third-order valence-corrected chi connectivity index (χ3v) is 3.27. The lowest BCUT2D eigenvalue weighted by atomic mass is 9.89. The van der Waals surface area contributed by atoms with Gasteiger partial charge in [-0.05, 0) is 18.2 Å². The van der Waals surface area contributed by atoms with Crippen LogP contribution in [0.25, 0.3) is 11.0 Å². The quantitative estimate of drug-likeness (QED) is 0.685. The summed E-state index contributed by atoms with van der Waals surface area (Å²) in [5.41, 5.74) is -0.0174. The van der Waals surface area contributed by atoms with Crippen LogP contribution in [0.5, 0.6) is 0 Å². The smallest absolute Gasteiger partial charge is 0.203 e. The van der Waals surface area contributed by atoms with Gasteiger partial charge in [-0.1, -0.05) is 44.0 Å². The molecule has 0 aliphatic rings. The minimum absolute atomic E-state index is 0.0547. The first kappa shape index (κ1) is 12.5. The van der Waals surface area contributed by atoms with Crippen LogP contribution in [0.4, 0.5) is 0 Å². The van der Waals surface area contributed by atoms with Gasteiger partial charge in [0.05, 0.1) is 5.02 Å². The standard InChI is InChI=1S/C13H12Cl2O2/c1-13(2,3)12(16)9-6-7-4-5-8(14)10(15)11(7)17-9/h4-6H,1-3H3. The maximum absolute atomic E-state index is 12.1. The maximum Gasteiger partial charge on any atom is 0.203 e. The summed E-state index contributed by atoms with van der Waals surface area (Å²) in [6.45, 7) is 5.53. The zero-order valence-corrected chi connectivity index (χ0v) is 11.3. The fraction of sp³-hybridized carbons (Fsp3) is 0.308. The molecular formula is C13H12Cl2O2. The second-order valence-electron chi connectivity index (χ2n) is 4.97. The molecule has 0 spiro atoms. The second kappa shape index (κ2) is 4.04. The molecule has 90 valence electrons. The SMILES string of the molecule is CC(C)(C)C(=O)c1cc2ccc(Cl)c(Cl)c2o1. The van der Waals surface area contributed by atoms with Gasteiger partial charge in [0, 0.05) is 10.8 Å². The molecule has 17 heavy (non-hydrogen) atoms. The highest BCUT2D eigenvalue weighted by atomic mass is 35.5. The number of carbonyl (C=O) groups is 1. The number of benzene rings is 1. The number of carbonyl (C=O) groups excluding carboxylic acids is 1. The molecule has 4 heteroatoms. The molecule has 0 aliphatic heterocycles.